The largest absolute Gasteiger partial charge is 0.495 e. The summed E-state index contributed by atoms with van der Waals surface area (Å²) >= 11 is 0. The molecule has 5 aromatic rings. The fraction of sp³-hybridized carbons (Fsp3) is 0.129. The van der Waals surface area contributed by atoms with Crippen molar-refractivity contribution in [3.8, 4) is 28.0 Å². The van der Waals surface area contributed by atoms with Crippen LogP contribution in [0.3, 0.4) is 0 Å². The molecule has 2 aromatic heterocycles. The first kappa shape index (κ1) is 29.9. The molecule has 0 unspecified atom stereocenters. The smallest absolute Gasteiger partial charge is 0.416 e. The first-order chi connectivity index (χ1) is 21.0. The summed E-state index contributed by atoms with van der Waals surface area (Å²) in [6.45, 7) is 1.81. The molecule has 5 rings (SSSR count). The van der Waals surface area contributed by atoms with Crippen molar-refractivity contribution in [1.29, 1.82) is 0 Å². The van der Waals surface area contributed by atoms with Gasteiger partial charge in [-0.2, -0.15) is 17.6 Å². The molecule has 0 saturated carbocycles. The molecule has 2 heterocycles. The maximum atomic E-state index is 13.8. The number of hydrogen-bond donors (Lipinski definition) is 2. The molecule has 0 aliphatic rings. The Morgan fingerprint density at radius 1 is 0.886 bits per heavy atom. The Hall–Kier alpha value is -5.59. The van der Waals surface area contributed by atoms with Gasteiger partial charge in [0.15, 0.2) is 0 Å². The minimum atomic E-state index is -4.57. The van der Waals surface area contributed by atoms with Gasteiger partial charge in [-0.1, -0.05) is 12.1 Å². The van der Waals surface area contributed by atoms with Crippen LogP contribution in [0.5, 0.6) is 5.75 Å². The molecule has 0 atom stereocenters. The van der Waals surface area contributed by atoms with E-state index in [4.69, 9.17) is 4.74 Å². The minimum absolute atomic E-state index is 0.0187. The standard InChI is InChI=1S/C31H23F4N5O4/c1-16-7-8-17(28(41)38-21-6-4-5-20(13-21)31(33,34)35)11-22(16)23-12-19-15-37-29(40-30(42)44-3)39-26(19)25(27(23)43-2)18-9-10-24(32)36-14-18/h4-15H,1-3H3,(H,38,41)(H,37,39,40,42). The van der Waals surface area contributed by atoms with Crippen LogP contribution in [0, 0.1) is 12.9 Å². The number of anilines is 2. The van der Waals surface area contributed by atoms with Gasteiger partial charge in [-0.3, -0.25) is 10.1 Å². The Kier molecular flexibility index (Phi) is 8.12. The number of benzene rings is 3. The second kappa shape index (κ2) is 12.0. The lowest BCUT2D eigenvalue weighted by Crippen LogP contribution is -2.14. The lowest BCUT2D eigenvalue weighted by atomic mass is 9.91. The van der Waals surface area contributed by atoms with Gasteiger partial charge >= 0.3 is 12.3 Å². The summed E-state index contributed by atoms with van der Waals surface area (Å²) in [6, 6.07) is 13.6. The number of rotatable bonds is 6. The van der Waals surface area contributed by atoms with E-state index >= 15 is 0 Å². The SMILES string of the molecule is COC(=O)Nc1ncc2cc(-c3cc(C(=O)Nc4cccc(C(F)(F)F)c4)ccc3C)c(OC)c(-c3ccc(F)nc3)c2n1. The molecule has 224 valence electrons. The van der Waals surface area contributed by atoms with Crippen molar-refractivity contribution in [1.82, 2.24) is 15.0 Å². The van der Waals surface area contributed by atoms with Gasteiger partial charge in [0.05, 0.1) is 30.9 Å². The summed E-state index contributed by atoms with van der Waals surface area (Å²) in [5, 5.41) is 5.43. The number of amides is 2. The van der Waals surface area contributed by atoms with Gasteiger partial charge in [-0.05, 0) is 66.6 Å². The fourth-order valence-electron chi connectivity index (χ4n) is 4.60. The Bertz CT molecular complexity index is 1900. The number of nitrogens with zero attached hydrogens (tertiary/aromatic N) is 3. The number of carbonyl (C=O) groups is 2. The third-order valence-electron chi connectivity index (χ3n) is 6.68. The second-order valence-corrected chi connectivity index (χ2v) is 9.51. The highest BCUT2D eigenvalue weighted by atomic mass is 19.4. The normalized spacial score (nSPS) is 11.2. The number of fused-ring (bicyclic) bond motifs is 1. The van der Waals surface area contributed by atoms with Crippen molar-refractivity contribution < 1.29 is 36.6 Å². The fourth-order valence-corrected chi connectivity index (χ4v) is 4.60. The van der Waals surface area contributed by atoms with Gasteiger partial charge in [0.2, 0.25) is 11.9 Å². The summed E-state index contributed by atoms with van der Waals surface area (Å²) in [5.41, 5.74) is 2.27. The molecule has 0 radical (unpaired) electrons. The third-order valence-corrected chi connectivity index (χ3v) is 6.68. The van der Waals surface area contributed by atoms with Crippen LogP contribution in [0.2, 0.25) is 0 Å². The van der Waals surface area contributed by atoms with E-state index in [1.165, 1.54) is 50.9 Å². The molecule has 3 aromatic carbocycles. The zero-order chi connectivity index (χ0) is 31.6. The highest BCUT2D eigenvalue weighted by Gasteiger charge is 2.30. The molecule has 0 saturated heterocycles. The maximum Gasteiger partial charge on any atom is 0.416 e. The van der Waals surface area contributed by atoms with E-state index in [1.807, 2.05) is 6.92 Å². The van der Waals surface area contributed by atoms with Crippen molar-refractivity contribution >= 4 is 34.5 Å². The van der Waals surface area contributed by atoms with Crippen LogP contribution in [0.25, 0.3) is 33.2 Å². The summed E-state index contributed by atoms with van der Waals surface area (Å²) in [7, 11) is 2.62. The number of aryl methyl sites for hydroxylation is 1. The minimum Gasteiger partial charge on any atom is -0.495 e. The van der Waals surface area contributed by atoms with Crippen molar-refractivity contribution in [3.63, 3.8) is 0 Å². The van der Waals surface area contributed by atoms with E-state index in [1.54, 1.807) is 24.3 Å². The number of carbonyl (C=O) groups excluding carboxylic acids is 2. The molecular weight excluding hydrogens is 582 g/mol. The molecule has 13 heteroatoms. The molecular formula is C31H23F4N5O4. The van der Waals surface area contributed by atoms with E-state index < -0.39 is 29.7 Å². The monoisotopic (exact) mass is 605 g/mol. The molecule has 2 N–H and O–H groups in total. The third kappa shape index (κ3) is 6.11. The van der Waals surface area contributed by atoms with Crippen LogP contribution >= 0.6 is 0 Å². The number of alkyl halides is 3. The summed E-state index contributed by atoms with van der Waals surface area (Å²) in [6.07, 6.45) is -2.58. The molecule has 0 fully saturated rings. The predicted molar refractivity (Wildman–Crippen MR) is 155 cm³/mol. The summed E-state index contributed by atoms with van der Waals surface area (Å²) in [5.74, 6) is -1.09. The topological polar surface area (TPSA) is 115 Å². The van der Waals surface area contributed by atoms with Gasteiger partial charge in [-0.15, -0.1) is 0 Å². The molecule has 2 amide bonds. The van der Waals surface area contributed by atoms with E-state index in [2.05, 4.69) is 30.3 Å². The maximum absolute atomic E-state index is 13.8. The van der Waals surface area contributed by atoms with Crippen molar-refractivity contribution in [3.05, 3.63) is 95.7 Å². The number of nitrogens with one attached hydrogen (secondary N) is 2. The van der Waals surface area contributed by atoms with Crippen LogP contribution in [-0.4, -0.2) is 41.2 Å². The van der Waals surface area contributed by atoms with Gasteiger partial charge in [0.1, 0.15) is 5.75 Å². The summed E-state index contributed by atoms with van der Waals surface area (Å²) in [4.78, 5) is 37.4. The van der Waals surface area contributed by atoms with Crippen LogP contribution in [0.4, 0.5) is 34.0 Å². The zero-order valence-corrected chi connectivity index (χ0v) is 23.4. The molecule has 0 spiro atoms. The van der Waals surface area contributed by atoms with E-state index in [9.17, 15) is 27.2 Å². The average molecular weight is 606 g/mol. The number of ether oxygens (including phenoxy) is 2. The van der Waals surface area contributed by atoms with Gasteiger partial charge in [-0.25, -0.2) is 19.7 Å². The molecule has 0 bridgehead atoms. The lowest BCUT2D eigenvalue weighted by Gasteiger charge is -2.19. The van der Waals surface area contributed by atoms with Gasteiger partial charge in [0, 0.05) is 40.2 Å². The molecule has 9 nitrogen and oxygen atoms in total. The quantitative estimate of drug-likeness (QED) is 0.155. The Morgan fingerprint density at radius 3 is 2.36 bits per heavy atom. The predicted octanol–water partition coefficient (Wildman–Crippen LogP) is 7.26. The Morgan fingerprint density at radius 2 is 1.68 bits per heavy atom. The van der Waals surface area contributed by atoms with E-state index in [0.29, 0.717) is 38.9 Å². The first-order valence-corrected chi connectivity index (χ1v) is 12.9. The van der Waals surface area contributed by atoms with Crippen LogP contribution < -0.4 is 15.4 Å². The van der Waals surface area contributed by atoms with Crippen LogP contribution in [-0.2, 0) is 10.9 Å². The number of pyridine rings is 1. The lowest BCUT2D eigenvalue weighted by molar-refractivity contribution is -0.137. The van der Waals surface area contributed by atoms with E-state index in [0.717, 1.165) is 17.7 Å². The van der Waals surface area contributed by atoms with Gasteiger partial charge in [0.25, 0.3) is 5.91 Å². The zero-order valence-electron chi connectivity index (χ0n) is 23.4. The second-order valence-electron chi connectivity index (χ2n) is 9.51. The van der Waals surface area contributed by atoms with Crippen molar-refractivity contribution in [2.24, 2.45) is 0 Å². The van der Waals surface area contributed by atoms with Crippen LogP contribution in [0.15, 0.2) is 73.1 Å². The molecule has 44 heavy (non-hydrogen) atoms. The van der Waals surface area contributed by atoms with E-state index in [-0.39, 0.29) is 17.2 Å². The van der Waals surface area contributed by atoms with Crippen LogP contribution in [0.1, 0.15) is 21.5 Å². The highest BCUT2D eigenvalue weighted by Crippen LogP contribution is 2.44. The molecule has 0 aliphatic heterocycles. The van der Waals surface area contributed by atoms with Crippen molar-refractivity contribution in [2.75, 3.05) is 24.9 Å². The first-order valence-electron chi connectivity index (χ1n) is 12.9. The van der Waals surface area contributed by atoms with Crippen molar-refractivity contribution in [2.45, 2.75) is 13.1 Å². The average Bonchev–Trinajstić information content (AvgIpc) is 3.00. The Labute approximate surface area is 247 Å². The molecule has 0 aliphatic carbocycles. The highest BCUT2D eigenvalue weighted by molar-refractivity contribution is 6.07. The number of hydrogen-bond acceptors (Lipinski definition) is 7. The number of halogens is 4. The van der Waals surface area contributed by atoms with Gasteiger partial charge < -0.3 is 14.8 Å². The number of methoxy groups -OCH3 is 2. The Balaban J connectivity index is 1.65. The number of aromatic nitrogens is 3. The summed E-state index contributed by atoms with van der Waals surface area (Å²) < 4.78 is 63.8.